The van der Waals surface area contributed by atoms with Crippen LogP contribution in [-0.2, 0) is 4.79 Å². The molecule has 0 fully saturated rings. The third-order valence-corrected chi connectivity index (χ3v) is 2.44. The fourth-order valence-electron chi connectivity index (χ4n) is 1.70. The van der Waals surface area contributed by atoms with E-state index in [4.69, 9.17) is 0 Å². The molecule has 5 heteroatoms. The van der Waals surface area contributed by atoms with E-state index in [2.05, 4.69) is 20.8 Å². The monoisotopic (exact) mass is 244 g/mol. The van der Waals surface area contributed by atoms with Crippen molar-refractivity contribution in [1.82, 2.24) is 15.5 Å². The molecule has 5 nitrogen and oxygen atoms in total. The number of hydrogen-bond acceptors (Lipinski definition) is 4. The maximum Gasteiger partial charge on any atom is 0.239 e. The van der Waals surface area contributed by atoms with Gasteiger partial charge in [-0.3, -0.25) is 4.79 Å². The minimum Gasteiger partial charge on any atom is -0.359 e. The number of benzene rings is 1. The zero-order valence-electron chi connectivity index (χ0n) is 10.5. The standard InChI is InChI=1S/C13H16N4O/c1-9(2)16-12(18)8-14-13-11-6-4-3-5-10(11)7-15-17-13/h3-7,9H,8H2,1-2H3,(H,14,17)(H,16,18). The molecule has 0 aliphatic carbocycles. The number of rotatable bonds is 4. The Morgan fingerprint density at radius 1 is 1.33 bits per heavy atom. The van der Waals surface area contributed by atoms with E-state index >= 15 is 0 Å². The van der Waals surface area contributed by atoms with Crippen LogP contribution in [0.1, 0.15) is 13.8 Å². The highest BCUT2D eigenvalue weighted by atomic mass is 16.1. The van der Waals surface area contributed by atoms with Gasteiger partial charge >= 0.3 is 0 Å². The van der Waals surface area contributed by atoms with E-state index in [1.807, 2.05) is 38.1 Å². The number of nitrogens with one attached hydrogen (secondary N) is 2. The summed E-state index contributed by atoms with van der Waals surface area (Å²) in [5.74, 6) is 0.576. The first kappa shape index (κ1) is 12.3. The number of carbonyl (C=O) groups excluding carboxylic acids is 1. The van der Waals surface area contributed by atoms with E-state index in [-0.39, 0.29) is 18.5 Å². The number of carbonyl (C=O) groups is 1. The van der Waals surface area contributed by atoms with Crippen LogP contribution < -0.4 is 10.6 Å². The number of anilines is 1. The first-order valence-electron chi connectivity index (χ1n) is 5.90. The molecule has 2 aromatic rings. The molecular weight excluding hydrogens is 228 g/mol. The lowest BCUT2D eigenvalue weighted by molar-refractivity contribution is -0.119. The lowest BCUT2D eigenvalue weighted by atomic mass is 10.2. The van der Waals surface area contributed by atoms with Gasteiger partial charge in [-0.15, -0.1) is 5.10 Å². The molecule has 94 valence electrons. The van der Waals surface area contributed by atoms with E-state index in [9.17, 15) is 4.79 Å². The smallest absolute Gasteiger partial charge is 0.239 e. The third-order valence-electron chi connectivity index (χ3n) is 2.44. The molecular formula is C13H16N4O. The Labute approximate surface area is 106 Å². The number of aromatic nitrogens is 2. The molecule has 1 amide bonds. The molecule has 0 aliphatic heterocycles. The van der Waals surface area contributed by atoms with E-state index in [0.29, 0.717) is 5.82 Å². The molecule has 0 saturated carbocycles. The SMILES string of the molecule is CC(C)NC(=O)CNc1nncc2ccccc12. The fraction of sp³-hybridized carbons (Fsp3) is 0.308. The average molecular weight is 244 g/mol. The molecule has 1 aromatic carbocycles. The van der Waals surface area contributed by atoms with Crippen LogP contribution in [0.4, 0.5) is 5.82 Å². The summed E-state index contributed by atoms with van der Waals surface area (Å²) in [7, 11) is 0. The molecule has 0 unspecified atom stereocenters. The topological polar surface area (TPSA) is 66.9 Å². The lowest BCUT2D eigenvalue weighted by Crippen LogP contribution is -2.35. The molecule has 2 rings (SSSR count). The molecule has 0 atom stereocenters. The van der Waals surface area contributed by atoms with Crippen molar-refractivity contribution < 1.29 is 4.79 Å². The molecule has 0 radical (unpaired) electrons. The van der Waals surface area contributed by atoms with E-state index in [0.717, 1.165) is 10.8 Å². The Balaban J connectivity index is 2.10. The van der Waals surface area contributed by atoms with Gasteiger partial charge in [-0.05, 0) is 13.8 Å². The van der Waals surface area contributed by atoms with Gasteiger partial charge in [0.1, 0.15) is 0 Å². The summed E-state index contributed by atoms with van der Waals surface area (Å²) in [6.45, 7) is 4.05. The lowest BCUT2D eigenvalue weighted by Gasteiger charge is -2.10. The molecule has 0 saturated heterocycles. The highest BCUT2D eigenvalue weighted by Crippen LogP contribution is 2.18. The molecule has 1 aromatic heterocycles. The van der Waals surface area contributed by atoms with Crippen molar-refractivity contribution >= 4 is 22.5 Å². The fourth-order valence-corrected chi connectivity index (χ4v) is 1.70. The number of hydrogen-bond donors (Lipinski definition) is 2. The largest absolute Gasteiger partial charge is 0.359 e. The summed E-state index contributed by atoms with van der Waals surface area (Å²) >= 11 is 0. The molecule has 2 N–H and O–H groups in total. The predicted molar refractivity (Wildman–Crippen MR) is 71.3 cm³/mol. The van der Waals surface area contributed by atoms with Crippen LogP contribution >= 0.6 is 0 Å². The van der Waals surface area contributed by atoms with Crippen molar-refractivity contribution in [1.29, 1.82) is 0 Å². The van der Waals surface area contributed by atoms with Gasteiger partial charge in [0, 0.05) is 16.8 Å². The van der Waals surface area contributed by atoms with Crippen molar-refractivity contribution in [3.8, 4) is 0 Å². The number of nitrogens with zero attached hydrogens (tertiary/aromatic N) is 2. The van der Waals surface area contributed by atoms with Crippen molar-refractivity contribution in [3.63, 3.8) is 0 Å². The zero-order chi connectivity index (χ0) is 13.0. The number of fused-ring (bicyclic) bond motifs is 1. The van der Waals surface area contributed by atoms with Gasteiger partial charge in [0.05, 0.1) is 12.7 Å². The summed E-state index contributed by atoms with van der Waals surface area (Å²) in [5, 5.41) is 15.7. The van der Waals surface area contributed by atoms with Gasteiger partial charge in [0.2, 0.25) is 5.91 Å². The van der Waals surface area contributed by atoms with Crippen LogP contribution in [0, 0.1) is 0 Å². The summed E-state index contributed by atoms with van der Waals surface area (Å²) in [4.78, 5) is 11.5. The zero-order valence-corrected chi connectivity index (χ0v) is 10.5. The summed E-state index contributed by atoms with van der Waals surface area (Å²) in [5.41, 5.74) is 0. The van der Waals surface area contributed by atoms with Crippen LogP contribution in [0.25, 0.3) is 10.8 Å². The van der Waals surface area contributed by atoms with Crippen molar-refractivity contribution in [2.75, 3.05) is 11.9 Å². The maximum atomic E-state index is 11.5. The molecule has 0 aliphatic rings. The minimum atomic E-state index is -0.0558. The Morgan fingerprint density at radius 3 is 2.89 bits per heavy atom. The second kappa shape index (κ2) is 5.44. The highest BCUT2D eigenvalue weighted by Gasteiger charge is 2.06. The first-order valence-corrected chi connectivity index (χ1v) is 5.90. The van der Waals surface area contributed by atoms with Crippen molar-refractivity contribution in [3.05, 3.63) is 30.5 Å². The van der Waals surface area contributed by atoms with Crippen molar-refractivity contribution in [2.24, 2.45) is 0 Å². The quantitative estimate of drug-likeness (QED) is 0.856. The van der Waals surface area contributed by atoms with Crippen LogP contribution in [0.3, 0.4) is 0 Å². The van der Waals surface area contributed by atoms with Crippen LogP contribution in [0.5, 0.6) is 0 Å². The third kappa shape index (κ3) is 2.94. The summed E-state index contributed by atoms with van der Waals surface area (Å²) in [6, 6.07) is 7.93. The van der Waals surface area contributed by atoms with E-state index in [1.54, 1.807) is 6.20 Å². The average Bonchev–Trinajstić information content (AvgIpc) is 2.35. The van der Waals surface area contributed by atoms with Crippen LogP contribution in [-0.4, -0.2) is 28.7 Å². The molecule has 1 heterocycles. The van der Waals surface area contributed by atoms with Gasteiger partial charge in [-0.1, -0.05) is 24.3 Å². The second-order valence-corrected chi connectivity index (χ2v) is 4.36. The minimum absolute atomic E-state index is 0.0558. The second-order valence-electron chi connectivity index (χ2n) is 4.36. The highest BCUT2D eigenvalue weighted by molar-refractivity contribution is 5.92. The van der Waals surface area contributed by atoms with Gasteiger partial charge in [-0.2, -0.15) is 5.10 Å². The molecule has 18 heavy (non-hydrogen) atoms. The van der Waals surface area contributed by atoms with E-state index in [1.165, 1.54) is 0 Å². The van der Waals surface area contributed by atoms with Gasteiger partial charge in [-0.25, -0.2) is 0 Å². The Bertz CT molecular complexity index is 548. The predicted octanol–water partition coefficient (Wildman–Crippen LogP) is 1.57. The van der Waals surface area contributed by atoms with Crippen molar-refractivity contribution in [2.45, 2.75) is 19.9 Å². The van der Waals surface area contributed by atoms with Crippen LogP contribution in [0.2, 0.25) is 0 Å². The summed E-state index contributed by atoms with van der Waals surface area (Å²) < 4.78 is 0. The van der Waals surface area contributed by atoms with Gasteiger partial charge < -0.3 is 10.6 Å². The van der Waals surface area contributed by atoms with Crippen LogP contribution in [0.15, 0.2) is 30.5 Å². The van der Waals surface area contributed by atoms with E-state index < -0.39 is 0 Å². The summed E-state index contributed by atoms with van der Waals surface area (Å²) in [6.07, 6.45) is 1.70. The van der Waals surface area contributed by atoms with Gasteiger partial charge in [0.15, 0.2) is 5.82 Å². The molecule has 0 spiro atoms. The Hall–Kier alpha value is -2.17. The maximum absolute atomic E-state index is 11.5. The Morgan fingerprint density at radius 2 is 2.11 bits per heavy atom. The van der Waals surface area contributed by atoms with Gasteiger partial charge in [0.25, 0.3) is 0 Å². The molecule has 0 bridgehead atoms. The normalized spacial score (nSPS) is 10.6. The Kier molecular flexibility index (Phi) is 3.72. The first-order chi connectivity index (χ1) is 8.66. The number of amides is 1.